The molecule has 1 heterocycles. The highest BCUT2D eigenvalue weighted by Gasteiger charge is 2.17. The van der Waals surface area contributed by atoms with Crippen molar-refractivity contribution < 1.29 is 9.47 Å². The van der Waals surface area contributed by atoms with Crippen molar-refractivity contribution in [2.45, 2.75) is 25.4 Å². The zero-order chi connectivity index (χ0) is 13.3. The first-order valence-corrected chi connectivity index (χ1v) is 7.25. The van der Waals surface area contributed by atoms with Crippen LogP contribution in [-0.2, 0) is 15.9 Å². The third kappa shape index (κ3) is 5.31. The van der Waals surface area contributed by atoms with E-state index in [1.807, 2.05) is 13.2 Å². The smallest absolute Gasteiger partial charge is 0.0595 e. The lowest BCUT2D eigenvalue weighted by Crippen LogP contribution is -2.38. The predicted octanol–water partition coefficient (Wildman–Crippen LogP) is 2.36. The number of hydrogen-bond donors (Lipinski definition) is 0. The number of benzene rings is 1. The van der Waals surface area contributed by atoms with E-state index >= 15 is 0 Å². The van der Waals surface area contributed by atoms with Gasteiger partial charge in [-0.2, -0.15) is 0 Å². The molecule has 3 nitrogen and oxygen atoms in total. The molecule has 0 spiro atoms. The van der Waals surface area contributed by atoms with Crippen LogP contribution in [0, 0.1) is 0 Å². The van der Waals surface area contributed by atoms with E-state index in [4.69, 9.17) is 9.47 Å². The molecule has 0 saturated carbocycles. The van der Waals surface area contributed by atoms with Gasteiger partial charge in [0.15, 0.2) is 0 Å². The predicted molar refractivity (Wildman–Crippen MR) is 77.4 cm³/mol. The number of ether oxygens (including phenoxy) is 2. The van der Waals surface area contributed by atoms with Gasteiger partial charge in [0, 0.05) is 26.7 Å². The molecule has 0 aromatic heterocycles. The number of piperidine rings is 1. The lowest BCUT2D eigenvalue weighted by molar-refractivity contribution is 0.0290. The standard InChI is InChI=1S/C16H25NO2/c1-18-16-7-10-17(11-8-16)12-14-19-13-9-15-5-3-2-4-6-15/h2-6,16H,7-14H2,1H3. The van der Waals surface area contributed by atoms with Gasteiger partial charge < -0.3 is 14.4 Å². The van der Waals surface area contributed by atoms with Crippen molar-refractivity contribution in [3.05, 3.63) is 35.9 Å². The minimum Gasteiger partial charge on any atom is -0.381 e. The Bertz CT molecular complexity index is 334. The summed E-state index contributed by atoms with van der Waals surface area (Å²) in [6.45, 7) is 4.98. The van der Waals surface area contributed by atoms with E-state index in [9.17, 15) is 0 Å². The molecule has 1 aromatic rings. The average molecular weight is 263 g/mol. The van der Waals surface area contributed by atoms with Crippen molar-refractivity contribution in [2.24, 2.45) is 0 Å². The molecule has 1 saturated heterocycles. The summed E-state index contributed by atoms with van der Waals surface area (Å²) in [4.78, 5) is 2.47. The van der Waals surface area contributed by atoms with Gasteiger partial charge in [0.25, 0.3) is 0 Å². The highest BCUT2D eigenvalue weighted by molar-refractivity contribution is 5.14. The fourth-order valence-electron chi connectivity index (χ4n) is 2.50. The molecule has 1 fully saturated rings. The maximum absolute atomic E-state index is 5.72. The molecule has 0 unspecified atom stereocenters. The molecular formula is C16H25NO2. The van der Waals surface area contributed by atoms with E-state index < -0.39 is 0 Å². The quantitative estimate of drug-likeness (QED) is 0.705. The summed E-state index contributed by atoms with van der Waals surface area (Å²) in [5.41, 5.74) is 1.35. The monoisotopic (exact) mass is 263 g/mol. The van der Waals surface area contributed by atoms with Gasteiger partial charge >= 0.3 is 0 Å². The highest BCUT2D eigenvalue weighted by atomic mass is 16.5. The van der Waals surface area contributed by atoms with E-state index in [2.05, 4.69) is 29.2 Å². The van der Waals surface area contributed by atoms with Crippen molar-refractivity contribution >= 4 is 0 Å². The molecule has 0 atom stereocenters. The van der Waals surface area contributed by atoms with Crippen LogP contribution in [0.2, 0.25) is 0 Å². The van der Waals surface area contributed by atoms with Crippen molar-refractivity contribution in [1.29, 1.82) is 0 Å². The first-order chi connectivity index (χ1) is 9.38. The van der Waals surface area contributed by atoms with Crippen molar-refractivity contribution in [1.82, 2.24) is 4.90 Å². The van der Waals surface area contributed by atoms with Gasteiger partial charge in [0.2, 0.25) is 0 Å². The molecule has 3 heteroatoms. The van der Waals surface area contributed by atoms with Crippen LogP contribution in [0.25, 0.3) is 0 Å². The second-order valence-corrected chi connectivity index (χ2v) is 5.12. The van der Waals surface area contributed by atoms with Crippen LogP contribution in [0.15, 0.2) is 30.3 Å². The second-order valence-electron chi connectivity index (χ2n) is 5.12. The normalized spacial score (nSPS) is 17.7. The molecular weight excluding hydrogens is 238 g/mol. The van der Waals surface area contributed by atoms with Crippen LogP contribution >= 0.6 is 0 Å². The fourth-order valence-corrected chi connectivity index (χ4v) is 2.50. The number of rotatable bonds is 7. The van der Waals surface area contributed by atoms with Gasteiger partial charge in [-0.15, -0.1) is 0 Å². The van der Waals surface area contributed by atoms with Crippen LogP contribution in [0.5, 0.6) is 0 Å². The third-order valence-electron chi connectivity index (χ3n) is 3.80. The Hall–Kier alpha value is -0.900. The molecule has 0 radical (unpaired) electrons. The Labute approximate surface area is 116 Å². The topological polar surface area (TPSA) is 21.7 Å². The van der Waals surface area contributed by atoms with Crippen LogP contribution in [0.3, 0.4) is 0 Å². The third-order valence-corrected chi connectivity index (χ3v) is 3.80. The van der Waals surface area contributed by atoms with Gasteiger partial charge in [0.05, 0.1) is 19.3 Å². The van der Waals surface area contributed by atoms with Crippen molar-refractivity contribution in [2.75, 3.05) is 40.0 Å². The summed E-state index contributed by atoms with van der Waals surface area (Å²) >= 11 is 0. The molecule has 2 rings (SSSR count). The van der Waals surface area contributed by atoms with Gasteiger partial charge in [-0.3, -0.25) is 0 Å². The largest absolute Gasteiger partial charge is 0.381 e. The highest BCUT2D eigenvalue weighted by Crippen LogP contribution is 2.12. The molecule has 0 N–H and O–H groups in total. The molecule has 106 valence electrons. The van der Waals surface area contributed by atoms with Crippen molar-refractivity contribution in [3.8, 4) is 0 Å². The fraction of sp³-hybridized carbons (Fsp3) is 0.625. The number of likely N-dealkylation sites (tertiary alicyclic amines) is 1. The molecule has 1 aliphatic heterocycles. The van der Waals surface area contributed by atoms with E-state index in [1.54, 1.807) is 0 Å². The van der Waals surface area contributed by atoms with E-state index in [0.29, 0.717) is 6.10 Å². The van der Waals surface area contributed by atoms with Crippen LogP contribution in [0.4, 0.5) is 0 Å². The first-order valence-electron chi connectivity index (χ1n) is 7.25. The lowest BCUT2D eigenvalue weighted by atomic mass is 10.1. The molecule has 1 aromatic carbocycles. The maximum Gasteiger partial charge on any atom is 0.0595 e. The number of nitrogens with zero attached hydrogens (tertiary/aromatic N) is 1. The summed E-state index contributed by atoms with van der Waals surface area (Å²) in [5, 5.41) is 0. The SMILES string of the molecule is COC1CCN(CCOCCc2ccccc2)CC1. The lowest BCUT2D eigenvalue weighted by Gasteiger charge is -2.30. The minimum atomic E-state index is 0.468. The molecule has 19 heavy (non-hydrogen) atoms. The van der Waals surface area contributed by atoms with Gasteiger partial charge in [-0.25, -0.2) is 0 Å². The second kappa shape index (κ2) is 8.31. The van der Waals surface area contributed by atoms with E-state index in [0.717, 1.165) is 52.1 Å². The summed E-state index contributed by atoms with van der Waals surface area (Å²) < 4.78 is 11.1. The van der Waals surface area contributed by atoms with E-state index in [-0.39, 0.29) is 0 Å². The summed E-state index contributed by atoms with van der Waals surface area (Å²) in [5.74, 6) is 0. The molecule has 0 amide bonds. The Morgan fingerprint density at radius 1 is 1.11 bits per heavy atom. The van der Waals surface area contributed by atoms with Crippen LogP contribution in [-0.4, -0.2) is 51.0 Å². The maximum atomic E-state index is 5.72. The average Bonchev–Trinajstić information content (AvgIpc) is 2.49. The molecule has 1 aliphatic rings. The molecule has 0 bridgehead atoms. The Morgan fingerprint density at radius 3 is 2.53 bits per heavy atom. The summed E-state index contributed by atoms with van der Waals surface area (Å²) in [7, 11) is 1.81. The van der Waals surface area contributed by atoms with Crippen LogP contribution in [0.1, 0.15) is 18.4 Å². The van der Waals surface area contributed by atoms with E-state index in [1.165, 1.54) is 5.56 Å². The first kappa shape index (κ1) is 14.5. The Balaban J connectivity index is 1.51. The summed E-state index contributed by atoms with van der Waals surface area (Å²) in [6, 6.07) is 10.5. The van der Waals surface area contributed by atoms with Crippen LogP contribution < -0.4 is 0 Å². The molecule has 0 aliphatic carbocycles. The Kier molecular flexibility index (Phi) is 6.34. The van der Waals surface area contributed by atoms with Gasteiger partial charge in [-0.1, -0.05) is 30.3 Å². The number of methoxy groups -OCH3 is 1. The zero-order valence-electron chi connectivity index (χ0n) is 11.9. The zero-order valence-corrected chi connectivity index (χ0v) is 11.9. The number of hydrogen-bond acceptors (Lipinski definition) is 3. The van der Waals surface area contributed by atoms with Crippen molar-refractivity contribution in [3.63, 3.8) is 0 Å². The summed E-state index contributed by atoms with van der Waals surface area (Å²) in [6.07, 6.45) is 3.78. The van der Waals surface area contributed by atoms with Gasteiger partial charge in [0.1, 0.15) is 0 Å². The Morgan fingerprint density at radius 2 is 1.84 bits per heavy atom. The minimum absolute atomic E-state index is 0.468. The van der Waals surface area contributed by atoms with Gasteiger partial charge in [-0.05, 0) is 24.8 Å².